The van der Waals surface area contributed by atoms with Crippen LogP contribution in [0.15, 0.2) is 30.3 Å². The molecule has 2 nitrogen and oxygen atoms in total. The second-order valence-electron chi connectivity index (χ2n) is 5.98. The van der Waals surface area contributed by atoms with Gasteiger partial charge in [0.2, 0.25) is 5.91 Å². The van der Waals surface area contributed by atoms with E-state index in [1.54, 1.807) is 0 Å². The van der Waals surface area contributed by atoms with Gasteiger partial charge in [-0.05, 0) is 18.4 Å². The molecule has 116 valence electrons. The van der Waals surface area contributed by atoms with Gasteiger partial charge in [0, 0.05) is 24.3 Å². The lowest BCUT2D eigenvalue weighted by Crippen LogP contribution is -2.37. The van der Waals surface area contributed by atoms with Crippen molar-refractivity contribution in [2.45, 2.75) is 51.5 Å². The van der Waals surface area contributed by atoms with Gasteiger partial charge in [-0.1, -0.05) is 78.4 Å². The van der Waals surface area contributed by atoms with Crippen molar-refractivity contribution in [3.63, 3.8) is 0 Å². The predicted molar refractivity (Wildman–Crippen MR) is 91.5 cm³/mol. The lowest BCUT2D eigenvalue weighted by molar-refractivity contribution is -0.136. The number of alkyl halides is 1. The molecule has 1 aliphatic carbocycles. The van der Waals surface area contributed by atoms with Gasteiger partial charge in [0.05, 0.1) is 0 Å². The highest BCUT2D eigenvalue weighted by Gasteiger charge is 2.24. The highest BCUT2D eigenvalue weighted by molar-refractivity contribution is 9.09. The van der Waals surface area contributed by atoms with Gasteiger partial charge in [-0.2, -0.15) is 0 Å². The van der Waals surface area contributed by atoms with Crippen molar-refractivity contribution in [3.8, 4) is 0 Å². The zero-order valence-electron chi connectivity index (χ0n) is 12.8. The molecule has 0 radical (unpaired) electrons. The van der Waals surface area contributed by atoms with E-state index >= 15 is 0 Å². The average molecular weight is 352 g/mol. The van der Waals surface area contributed by atoms with E-state index in [4.69, 9.17) is 0 Å². The second-order valence-corrected chi connectivity index (χ2v) is 6.77. The highest BCUT2D eigenvalue weighted by Crippen LogP contribution is 2.24. The monoisotopic (exact) mass is 351 g/mol. The van der Waals surface area contributed by atoms with Gasteiger partial charge in [0.1, 0.15) is 0 Å². The smallest absolute Gasteiger partial charge is 0.226 e. The van der Waals surface area contributed by atoms with Crippen LogP contribution >= 0.6 is 15.9 Å². The van der Waals surface area contributed by atoms with Crippen molar-refractivity contribution in [3.05, 3.63) is 35.9 Å². The number of benzene rings is 1. The van der Waals surface area contributed by atoms with E-state index in [2.05, 4.69) is 28.1 Å². The summed E-state index contributed by atoms with van der Waals surface area (Å²) < 4.78 is 0. The van der Waals surface area contributed by atoms with Crippen molar-refractivity contribution in [2.75, 3.05) is 11.9 Å². The topological polar surface area (TPSA) is 20.3 Å². The number of hydrogen-bond donors (Lipinski definition) is 0. The third-order valence-corrected chi connectivity index (χ3v) is 4.69. The van der Waals surface area contributed by atoms with E-state index in [9.17, 15) is 4.79 Å². The van der Waals surface area contributed by atoms with E-state index in [0.29, 0.717) is 5.91 Å². The molecule has 1 amide bonds. The summed E-state index contributed by atoms with van der Waals surface area (Å²) in [5, 5.41) is 0.846. The fourth-order valence-corrected chi connectivity index (χ4v) is 3.56. The average Bonchev–Trinajstić information content (AvgIpc) is 2.47. The molecule has 0 N–H and O–H groups in total. The Balaban J connectivity index is 1.99. The van der Waals surface area contributed by atoms with Gasteiger partial charge >= 0.3 is 0 Å². The van der Waals surface area contributed by atoms with E-state index in [-0.39, 0.29) is 5.92 Å². The number of carbonyl (C=O) groups excluding carboxylic acids is 1. The maximum absolute atomic E-state index is 12.9. The summed E-state index contributed by atoms with van der Waals surface area (Å²) in [5.74, 6) is 0.605. The molecule has 1 aromatic rings. The Kier molecular flexibility index (Phi) is 7.28. The van der Waals surface area contributed by atoms with Gasteiger partial charge in [0.15, 0.2) is 0 Å². The second kappa shape index (κ2) is 9.24. The van der Waals surface area contributed by atoms with E-state index in [1.165, 1.54) is 37.7 Å². The van der Waals surface area contributed by atoms with Crippen LogP contribution in [0.25, 0.3) is 0 Å². The Morgan fingerprint density at radius 2 is 1.67 bits per heavy atom. The van der Waals surface area contributed by atoms with E-state index in [0.717, 1.165) is 31.3 Å². The van der Waals surface area contributed by atoms with Crippen molar-refractivity contribution in [1.29, 1.82) is 0 Å². The van der Waals surface area contributed by atoms with Crippen LogP contribution in [0.5, 0.6) is 0 Å². The number of amides is 1. The first kappa shape index (κ1) is 16.5. The molecule has 0 aromatic heterocycles. The zero-order valence-corrected chi connectivity index (χ0v) is 14.4. The van der Waals surface area contributed by atoms with Crippen molar-refractivity contribution < 1.29 is 4.79 Å². The number of nitrogens with zero attached hydrogens (tertiary/aromatic N) is 1. The number of hydrogen-bond acceptors (Lipinski definition) is 1. The lowest BCUT2D eigenvalue weighted by atomic mass is 9.90. The third kappa shape index (κ3) is 5.46. The minimum atomic E-state index is 0.244. The molecule has 1 fully saturated rings. The first-order valence-corrected chi connectivity index (χ1v) is 9.32. The Morgan fingerprint density at radius 3 is 2.29 bits per heavy atom. The number of rotatable bonds is 5. The van der Waals surface area contributed by atoms with Gasteiger partial charge in [-0.15, -0.1) is 0 Å². The molecule has 1 saturated carbocycles. The molecule has 0 saturated heterocycles. The van der Waals surface area contributed by atoms with Crippen LogP contribution in [0.4, 0.5) is 0 Å². The van der Waals surface area contributed by atoms with Crippen LogP contribution in [-0.2, 0) is 11.3 Å². The summed E-state index contributed by atoms with van der Waals surface area (Å²) >= 11 is 3.49. The summed E-state index contributed by atoms with van der Waals surface area (Å²) in [5.41, 5.74) is 1.22. The summed E-state index contributed by atoms with van der Waals surface area (Å²) in [4.78, 5) is 14.9. The van der Waals surface area contributed by atoms with Crippen LogP contribution in [0.2, 0.25) is 0 Å². The molecular formula is C18H26BrNO. The molecule has 2 rings (SSSR count). The largest absolute Gasteiger partial charge is 0.337 e. The minimum Gasteiger partial charge on any atom is -0.337 e. The molecule has 3 heteroatoms. The van der Waals surface area contributed by atoms with Gasteiger partial charge < -0.3 is 4.90 Å². The van der Waals surface area contributed by atoms with Crippen LogP contribution < -0.4 is 0 Å². The lowest BCUT2D eigenvalue weighted by Gasteiger charge is -2.28. The molecule has 1 aromatic carbocycles. The summed E-state index contributed by atoms with van der Waals surface area (Å²) in [7, 11) is 0. The zero-order chi connectivity index (χ0) is 14.9. The quantitative estimate of drug-likeness (QED) is 0.699. The maximum Gasteiger partial charge on any atom is 0.226 e. The van der Waals surface area contributed by atoms with Crippen LogP contribution in [-0.4, -0.2) is 22.7 Å². The molecule has 1 aliphatic rings. The predicted octanol–water partition coefficient (Wildman–Crippen LogP) is 4.77. The fraction of sp³-hybridized carbons (Fsp3) is 0.611. The Labute approximate surface area is 137 Å². The minimum absolute atomic E-state index is 0.244. The molecule has 0 atom stereocenters. The van der Waals surface area contributed by atoms with Gasteiger partial charge in [-0.3, -0.25) is 4.79 Å². The maximum atomic E-state index is 12.9. The summed E-state index contributed by atoms with van der Waals surface area (Å²) in [6.45, 7) is 1.53. The SMILES string of the molecule is O=C(C1CCCCCCC1)N(CCBr)Cc1ccccc1. The molecular weight excluding hydrogens is 326 g/mol. The highest BCUT2D eigenvalue weighted by atomic mass is 79.9. The van der Waals surface area contributed by atoms with E-state index < -0.39 is 0 Å². The van der Waals surface area contributed by atoms with Crippen LogP contribution in [0.3, 0.4) is 0 Å². The summed E-state index contributed by atoms with van der Waals surface area (Å²) in [6.07, 6.45) is 8.50. The third-order valence-electron chi connectivity index (χ3n) is 4.34. The molecule has 0 spiro atoms. The Hall–Kier alpha value is -0.830. The van der Waals surface area contributed by atoms with Gasteiger partial charge in [-0.25, -0.2) is 0 Å². The first-order valence-electron chi connectivity index (χ1n) is 8.20. The summed E-state index contributed by atoms with van der Waals surface area (Å²) in [6, 6.07) is 10.3. The fourth-order valence-electron chi connectivity index (χ4n) is 3.13. The van der Waals surface area contributed by atoms with Crippen LogP contribution in [0, 0.1) is 5.92 Å². The Bertz CT molecular complexity index is 412. The van der Waals surface area contributed by atoms with Crippen molar-refractivity contribution >= 4 is 21.8 Å². The molecule has 0 unspecified atom stereocenters. The van der Waals surface area contributed by atoms with Crippen molar-refractivity contribution in [1.82, 2.24) is 4.90 Å². The van der Waals surface area contributed by atoms with E-state index in [1.807, 2.05) is 23.1 Å². The molecule has 0 bridgehead atoms. The van der Waals surface area contributed by atoms with Crippen LogP contribution in [0.1, 0.15) is 50.5 Å². The number of halogens is 1. The first-order chi connectivity index (χ1) is 10.3. The molecule has 0 heterocycles. The Morgan fingerprint density at radius 1 is 1.05 bits per heavy atom. The molecule has 0 aliphatic heterocycles. The number of carbonyl (C=O) groups is 1. The standard InChI is InChI=1S/C18H26BrNO/c19-13-14-20(15-16-9-5-4-6-10-16)18(21)17-11-7-2-1-3-8-12-17/h4-6,9-10,17H,1-3,7-8,11-15H2. The normalized spacial score (nSPS) is 17.0. The van der Waals surface area contributed by atoms with Gasteiger partial charge in [0.25, 0.3) is 0 Å². The van der Waals surface area contributed by atoms with Crippen molar-refractivity contribution in [2.24, 2.45) is 5.92 Å². The molecule has 21 heavy (non-hydrogen) atoms.